The average Bonchev–Trinajstić information content (AvgIpc) is 2.97. The number of nitrogens with zero attached hydrogens (tertiary/aromatic N) is 4. The first-order chi connectivity index (χ1) is 10.3. The van der Waals surface area contributed by atoms with Gasteiger partial charge in [0.15, 0.2) is 0 Å². The summed E-state index contributed by atoms with van der Waals surface area (Å²) in [5.74, 6) is 0.844. The Morgan fingerprint density at radius 1 is 1.23 bits per heavy atom. The van der Waals surface area contributed by atoms with Crippen LogP contribution in [-0.2, 0) is 23.0 Å². The van der Waals surface area contributed by atoms with E-state index in [9.17, 15) is 8.42 Å². The molecule has 2 aromatic heterocycles. The predicted octanol–water partition coefficient (Wildman–Crippen LogP) is 2.39. The summed E-state index contributed by atoms with van der Waals surface area (Å²) in [5.41, 5.74) is 0. The van der Waals surface area contributed by atoms with Crippen LogP contribution in [-0.4, -0.2) is 28.4 Å². The second-order valence-electron chi connectivity index (χ2n) is 6.00. The van der Waals surface area contributed by atoms with E-state index in [-0.39, 0.29) is 10.0 Å². The van der Waals surface area contributed by atoms with Gasteiger partial charge in [0.1, 0.15) is 9.90 Å². The minimum absolute atomic E-state index is 0.133. The zero-order chi connectivity index (χ0) is 16.3. The van der Waals surface area contributed by atoms with Gasteiger partial charge in [0, 0.05) is 19.2 Å². The summed E-state index contributed by atoms with van der Waals surface area (Å²) in [6.45, 7) is 8.92. The fourth-order valence-corrected chi connectivity index (χ4v) is 3.99. The molecule has 0 aromatic carbocycles. The molecule has 0 amide bonds. The predicted molar refractivity (Wildman–Crippen MR) is 86.3 cm³/mol. The summed E-state index contributed by atoms with van der Waals surface area (Å²) in [6.07, 6.45) is 3.66. The molecule has 0 fully saturated rings. The molecule has 0 atom stereocenters. The van der Waals surface area contributed by atoms with Crippen LogP contribution in [0.25, 0.3) is 0 Å². The highest BCUT2D eigenvalue weighted by Gasteiger charge is 2.19. The van der Waals surface area contributed by atoms with Crippen molar-refractivity contribution in [1.82, 2.24) is 20.0 Å². The molecule has 22 heavy (non-hydrogen) atoms. The van der Waals surface area contributed by atoms with Crippen molar-refractivity contribution in [1.29, 1.82) is 0 Å². The topological polar surface area (TPSA) is 89.8 Å². The van der Waals surface area contributed by atoms with E-state index in [4.69, 9.17) is 0 Å². The number of rotatable bonds is 7. The van der Waals surface area contributed by atoms with Gasteiger partial charge < -0.3 is 0 Å². The lowest BCUT2D eigenvalue weighted by atomic mass is 10.1. The highest BCUT2D eigenvalue weighted by Crippen LogP contribution is 2.21. The van der Waals surface area contributed by atoms with Crippen LogP contribution in [0.1, 0.15) is 32.7 Å². The van der Waals surface area contributed by atoms with E-state index in [0.29, 0.717) is 18.4 Å². The van der Waals surface area contributed by atoms with E-state index in [1.165, 1.54) is 23.7 Å². The summed E-state index contributed by atoms with van der Waals surface area (Å²) >= 11 is 1.26. The SMILES string of the molecule is CC(C)Cc1nnc(NS(=O)(=O)c2cnn(CC(C)C)c2)s1. The Hall–Kier alpha value is -1.48. The van der Waals surface area contributed by atoms with Crippen LogP contribution < -0.4 is 4.72 Å². The molecule has 0 saturated heterocycles. The Kier molecular flexibility index (Phi) is 5.17. The second kappa shape index (κ2) is 6.74. The summed E-state index contributed by atoms with van der Waals surface area (Å²) in [7, 11) is -3.67. The number of hydrogen-bond acceptors (Lipinski definition) is 6. The number of nitrogens with one attached hydrogen (secondary N) is 1. The molecule has 0 spiro atoms. The maximum atomic E-state index is 12.3. The van der Waals surface area contributed by atoms with Crippen molar-refractivity contribution in [3.05, 3.63) is 17.4 Å². The van der Waals surface area contributed by atoms with Crippen molar-refractivity contribution in [2.24, 2.45) is 11.8 Å². The lowest BCUT2D eigenvalue weighted by Gasteiger charge is -2.04. The quantitative estimate of drug-likeness (QED) is 0.833. The zero-order valence-electron chi connectivity index (χ0n) is 13.1. The summed E-state index contributed by atoms with van der Waals surface area (Å²) in [6, 6.07) is 0. The van der Waals surface area contributed by atoms with Crippen molar-refractivity contribution >= 4 is 26.5 Å². The molecule has 122 valence electrons. The third kappa shape index (κ3) is 4.51. The number of aromatic nitrogens is 4. The van der Waals surface area contributed by atoms with E-state index in [1.54, 1.807) is 4.68 Å². The average molecular weight is 343 g/mol. The molecular weight excluding hydrogens is 322 g/mol. The van der Waals surface area contributed by atoms with E-state index in [2.05, 4.69) is 33.9 Å². The lowest BCUT2D eigenvalue weighted by Crippen LogP contribution is -2.12. The van der Waals surface area contributed by atoms with Gasteiger partial charge in [-0.1, -0.05) is 39.0 Å². The van der Waals surface area contributed by atoms with Crippen LogP contribution in [0.3, 0.4) is 0 Å². The van der Waals surface area contributed by atoms with Gasteiger partial charge in [-0.2, -0.15) is 5.10 Å². The lowest BCUT2D eigenvalue weighted by molar-refractivity contribution is 0.482. The maximum Gasteiger partial charge on any atom is 0.266 e. The van der Waals surface area contributed by atoms with Gasteiger partial charge in [0.2, 0.25) is 5.13 Å². The van der Waals surface area contributed by atoms with Gasteiger partial charge >= 0.3 is 0 Å². The highest BCUT2D eigenvalue weighted by molar-refractivity contribution is 7.93. The van der Waals surface area contributed by atoms with Crippen LogP contribution in [0.5, 0.6) is 0 Å². The van der Waals surface area contributed by atoms with Gasteiger partial charge in [0.25, 0.3) is 10.0 Å². The van der Waals surface area contributed by atoms with Crippen molar-refractivity contribution < 1.29 is 8.42 Å². The molecule has 0 bridgehead atoms. The van der Waals surface area contributed by atoms with Crippen LogP contribution in [0.15, 0.2) is 17.3 Å². The molecule has 2 rings (SSSR count). The third-order valence-electron chi connectivity index (χ3n) is 2.74. The van der Waals surface area contributed by atoms with Crippen LogP contribution in [0.4, 0.5) is 5.13 Å². The molecule has 0 saturated carbocycles. The smallest absolute Gasteiger partial charge is 0.266 e. The Morgan fingerprint density at radius 2 is 1.95 bits per heavy atom. The first-order valence-electron chi connectivity index (χ1n) is 7.14. The maximum absolute atomic E-state index is 12.3. The van der Waals surface area contributed by atoms with Crippen molar-refractivity contribution in [2.75, 3.05) is 4.72 Å². The number of anilines is 1. The van der Waals surface area contributed by atoms with Gasteiger partial charge in [0.05, 0.1) is 6.20 Å². The summed E-state index contributed by atoms with van der Waals surface area (Å²) in [4.78, 5) is 0.133. The second-order valence-corrected chi connectivity index (χ2v) is 8.74. The molecule has 9 heteroatoms. The van der Waals surface area contributed by atoms with Crippen molar-refractivity contribution in [3.8, 4) is 0 Å². The third-order valence-corrected chi connectivity index (χ3v) is 5.03. The van der Waals surface area contributed by atoms with E-state index < -0.39 is 10.0 Å². The fourth-order valence-electron chi connectivity index (χ4n) is 1.86. The van der Waals surface area contributed by atoms with Crippen LogP contribution in [0.2, 0.25) is 0 Å². The van der Waals surface area contributed by atoms with Crippen molar-refractivity contribution in [3.63, 3.8) is 0 Å². The largest absolute Gasteiger partial charge is 0.271 e. The van der Waals surface area contributed by atoms with Crippen molar-refractivity contribution in [2.45, 2.75) is 45.6 Å². The molecule has 0 unspecified atom stereocenters. The van der Waals surface area contributed by atoms with E-state index >= 15 is 0 Å². The van der Waals surface area contributed by atoms with Crippen LogP contribution in [0, 0.1) is 11.8 Å². The summed E-state index contributed by atoms with van der Waals surface area (Å²) in [5, 5.41) is 13.1. The molecule has 1 N–H and O–H groups in total. The fraction of sp³-hybridized carbons (Fsp3) is 0.615. The molecule has 0 aliphatic carbocycles. The standard InChI is InChI=1S/C13H21N5O2S2/c1-9(2)5-12-15-16-13(21-12)17-22(19,20)11-6-14-18(8-11)7-10(3)4/h6,8-10H,5,7H2,1-4H3,(H,16,17). The molecule has 7 nitrogen and oxygen atoms in total. The Morgan fingerprint density at radius 3 is 2.59 bits per heavy atom. The highest BCUT2D eigenvalue weighted by atomic mass is 32.2. The van der Waals surface area contributed by atoms with E-state index in [0.717, 1.165) is 11.4 Å². The van der Waals surface area contributed by atoms with Gasteiger partial charge in [-0.15, -0.1) is 10.2 Å². The number of sulfonamides is 1. The minimum atomic E-state index is -3.67. The first-order valence-corrected chi connectivity index (χ1v) is 9.44. The first kappa shape index (κ1) is 16.9. The Bertz CT molecular complexity index is 718. The molecule has 0 radical (unpaired) electrons. The van der Waals surface area contributed by atoms with Gasteiger partial charge in [-0.25, -0.2) is 8.42 Å². The van der Waals surface area contributed by atoms with Gasteiger partial charge in [-0.05, 0) is 11.8 Å². The monoisotopic (exact) mass is 343 g/mol. The van der Waals surface area contributed by atoms with E-state index in [1.807, 2.05) is 13.8 Å². The molecule has 0 aliphatic rings. The Labute approximate surface area is 134 Å². The number of hydrogen-bond donors (Lipinski definition) is 1. The normalized spacial score (nSPS) is 12.3. The molecule has 2 heterocycles. The minimum Gasteiger partial charge on any atom is -0.271 e. The molecule has 0 aliphatic heterocycles. The Balaban J connectivity index is 2.10. The van der Waals surface area contributed by atoms with Gasteiger partial charge in [-0.3, -0.25) is 9.40 Å². The summed E-state index contributed by atoms with van der Waals surface area (Å²) < 4.78 is 28.7. The zero-order valence-corrected chi connectivity index (χ0v) is 14.8. The molecular formula is C13H21N5O2S2. The molecule has 2 aromatic rings. The van der Waals surface area contributed by atoms with Crippen LogP contribution >= 0.6 is 11.3 Å².